The van der Waals surface area contributed by atoms with Crippen LogP contribution in [-0.2, 0) is 17.8 Å². The van der Waals surface area contributed by atoms with E-state index in [9.17, 15) is 14.7 Å². The van der Waals surface area contributed by atoms with Gasteiger partial charge in [0.05, 0.1) is 18.2 Å². The summed E-state index contributed by atoms with van der Waals surface area (Å²) in [6.45, 7) is 3.90. The smallest absolute Gasteiger partial charge is 0.254 e. The number of benzene rings is 1. The summed E-state index contributed by atoms with van der Waals surface area (Å²) in [6, 6.07) is 6.19. The van der Waals surface area contributed by atoms with Crippen LogP contribution in [0, 0.1) is 5.92 Å². The Morgan fingerprint density at radius 1 is 1.30 bits per heavy atom. The van der Waals surface area contributed by atoms with E-state index in [4.69, 9.17) is 0 Å². The maximum atomic E-state index is 12.8. The number of carbonyl (C=O) groups is 2. The third-order valence-electron chi connectivity index (χ3n) is 5.26. The first-order valence-corrected chi connectivity index (χ1v) is 9.44. The molecule has 142 valence electrons. The van der Waals surface area contributed by atoms with E-state index < -0.39 is 0 Å². The molecule has 1 aliphatic heterocycles. The summed E-state index contributed by atoms with van der Waals surface area (Å²) >= 11 is 0. The van der Waals surface area contributed by atoms with Crippen LogP contribution in [-0.4, -0.2) is 44.5 Å². The molecule has 2 N–H and O–H groups in total. The molecule has 1 aliphatic carbocycles. The summed E-state index contributed by atoms with van der Waals surface area (Å²) in [7, 11) is 0. The number of phenols is 1. The van der Waals surface area contributed by atoms with E-state index in [0.717, 1.165) is 18.1 Å². The van der Waals surface area contributed by atoms with E-state index in [1.807, 2.05) is 17.7 Å². The molecule has 1 unspecified atom stereocenters. The number of carbonyl (C=O) groups excluding carboxylic acids is 2. The first kappa shape index (κ1) is 17.6. The molecule has 2 aliphatic rings. The van der Waals surface area contributed by atoms with E-state index in [2.05, 4.69) is 10.3 Å². The zero-order valence-corrected chi connectivity index (χ0v) is 15.4. The molecule has 0 saturated heterocycles. The third kappa shape index (κ3) is 3.82. The first-order chi connectivity index (χ1) is 13.0. The fraction of sp³-hybridized carbons (Fsp3) is 0.450. The van der Waals surface area contributed by atoms with Gasteiger partial charge in [0.15, 0.2) is 0 Å². The Labute approximate surface area is 158 Å². The summed E-state index contributed by atoms with van der Waals surface area (Å²) in [5.74, 6) is 1.39. The van der Waals surface area contributed by atoms with Crippen LogP contribution in [0.1, 0.15) is 47.7 Å². The van der Waals surface area contributed by atoms with Crippen molar-refractivity contribution in [2.75, 3.05) is 13.1 Å². The van der Waals surface area contributed by atoms with Crippen molar-refractivity contribution in [1.82, 2.24) is 19.8 Å². The maximum absolute atomic E-state index is 12.8. The average molecular weight is 368 g/mol. The molecule has 1 fully saturated rings. The van der Waals surface area contributed by atoms with Gasteiger partial charge in [-0.2, -0.15) is 0 Å². The lowest BCUT2D eigenvalue weighted by Crippen LogP contribution is -2.41. The Balaban J connectivity index is 1.45. The van der Waals surface area contributed by atoms with Gasteiger partial charge in [-0.1, -0.05) is 6.07 Å². The molecule has 1 atom stereocenters. The molecule has 1 aromatic heterocycles. The highest BCUT2D eigenvalue weighted by atomic mass is 16.3. The highest BCUT2D eigenvalue weighted by molar-refractivity contribution is 5.94. The van der Waals surface area contributed by atoms with Crippen LogP contribution in [0.25, 0.3) is 0 Å². The molecule has 1 aromatic carbocycles. The topological polar surface area (TPSA) is 87.5 Å². The molecule has 2 amide bonds. The summed E-state index contributed by atoms with van der Waals surface area (Å²) in [5, 5.41) is 12.6. The van der Waals surface area contributed by atoms with Gasteiger partial charge in [0, 0.05) is 31.4 Å². The molecule has 4 rings (SSSR count). The average Bonchev–Trinajstić information content (AvgIpc) is 3.39. The van der Waals surface area contributed by atoms with Crippen molar-refractivity contribution >= 4 is 11.8 Å². The number of hydrogen-bond acceptors (Lipinski definition) is 4. The van der Waals surface area contributed by atoms with Crippen LogP contribution < -0.4 is 5.32 Å². The highest BCUT2D eigenvalue weighted by Crippen LogP contribution is 2.28. The second kappa shape index (κ2) is 7.06. The predicted molar refractivity (Wildman–Crippen MR) is 99.2 cm³/mol. The van der Waals surface area contributed by atoms with Gasteiger partial charge in [-0.25, -0.2) is 4.98 Å². The molecular weight excluding hydrogens is 344 g/mol. The van der Waals surface area contributed by atoms with Gasteiger partial charge in [0.1, 0.15) is 11.6 Å². The Kier molecular flexibility index (Phi) is 4.59. The SMILES string of the molecule is CC1c2nc(CC(=O)NCC3CC3)cn2CCN1C(=O)c1cccc(O)c1. The van der Waals surface area contributed by atoms with E-state index in [1.54, 1.807) is 23.1 Å². The van der Waals surface area contributed by atoms with Gasteiger partial charge in [-0.05, 0) is 43.9 Å². The number of hydrogen-bond donors (Lipinski definition) is 2. The number of imidazole rings is 1. The largest absolute Gasteiger partial charge is 0.508 e. The van der Waals surface area contributed by atoms with Gasteiger partial charge in [-0.15, -0.1) is 0 Å². The summed E-state index contributed by atoms with van der Waals surface area (Å²) in [4.78, 5) is 31.3. The fourth-order valence-electron chi connectivity index (χ4n) is 3.52. The van der Waals surface area contributed by atoms with Crippen molar-refractivity contribution in [3.05, 3.63) is 47.5 Å². The molecule has 7 heteroatoms. The zero-order chi connectivity index (χ0) is 19.0. The number of phenolic OH excluding ortho intramolecular Hbond substituents is 1. The molecular formula is C20H24N4O3. The van der Waals surface area contributed by atoms with Crippen LogP contribution >= 0.6 is 0 Å². The van der Waals surface area contributed by atoms with Crippen LogP contribution in [0.4, 0.5) is 0 Å². The molecule has 0 radical (unpaired) electrons. The predicted octanol–water partition coefficient (Wildman–Crippen LogP) is 1.87. The van der Waals surface area contributed by atoms with Gasteiger partial charge >= 0.3 is 0 Å². The van der Waals surface area contributed by atoms with Crippen molar-refractivity contribution in [2.45, 2.75) is 38.8 Å². The van der Waals surface area contributed by atoms with Crippen molar-refractivity contribution in [1.29, 1.82) is 0 Å². The molecule has 0 bridgehead atoms. The Morgan fingerprint density at radius 3 is 2.85 bits per heavy atom. The van der Waals surface area contributed by atoms with E-state index >= 15 is 0 Å². The minimum Gasteiger partial charge on any atom is -0.508 e. The summed E-state index contributed by atoms with van der Waals surface area (Å²) < 4.78 is 2.03. The zero-order valence-electron chi connectivity index (χ0n) is 15.4. The second-order valence-corrected chi connectivity index (χ2v) is 7.43. The van der Waals surface area contributed by atoms with Crippen molar-refractivity contribution in [2.24, 2.45) is 5.92 Å². The van der Waals surface area contributed by atoms with E-state index in [-0.39, 0.29) is 30.0 Å². The van der Waals surface area contributed by atoms with Gasteiger partial charge in [0.2, 0.25) is 5.91 Å². The second-order valence-electron chi connectivity index (χ2n) is 7.43. The summed E-state index contributed by atoms with van der Waals surface area (Å²) in [5.41, 5.74) is 1.19. The molecule has 27 heavy (non-hydrogen) atoms. The standard InChI is InChI=1S/C20H24N4O3/c1-13-19-22-16(10-18(26)21-11-14-5-6-14)12-23(19)7-8-24(13)20(27)15-3-2-4-17(25)9-15/h2-4,9,12-14,25H,5-8,10-11H2,1H3,(H,21,26). The Hall–Kier alpha value is -2.83. The first-order valence-electron chi connectivity index (χ1n) is 9.44. The van der Waals surface area contributed by atoms with Crippen LogP contribution in [0.5, 0.6) is 5.75 Å². The molecule has 0 spiro atoms. The number of fused-ring (bicyclic) bond motifs is 1. The molecule has 2 aromatic rings. The number of aromatic nitrogens is 2. The number of nitrogens with one attached hydrogen (secondary N) is 1. The normalized spacial score (nSPS) is 18.9. The number of aromatic hydroxyl groups is 1. The summed E-state index contributed by atoms with van der Waals surface area (Å²) in [6.07, 6.45) is 4.60. The van der Waals surface area contributed by atoms with Crippen molar-refractivity contribution in [3.8, 4) is 5.75 Å². The van der Waals surface area contributed by atoms with Crippen LogP contribution in [0.3, 0.4) is 0 Å². The van der Waals surface area contributed by atoms with Gasteiger partial charge in [-0.3, -0.25) is 9.59 Å². The van der Waals surface area contributed by atoms with Crippen LogP contribution in [0.15, 0.2) is 30.5 Å². The highest BCUT2D eigenvalue weighted by Gasteiger charge is 2.30. The molecule has 2 heterocycles. The third-order valence-corrected chi connectivity index (χ3v) is 5.26. The lowest BCUT2D eigenvalue weighted by molar-refractivity contribution is -0.120. The maximum Gasteiger partial charge on any atom is 0.254 e. The number of rotatable bonds is 5. The number of nitrogens with zero attached hydrogens (tertiary/aromatic N) is 3. The van der Waals surface area contributed by atoms with E-state index in [0.29, 0.717) is 24.6 Å². The fourth-order valence-corrected chi connectivity index (χ4v) is 3.52. The monoisotopic (exact) mass is 368 g/mol. The van der Waals surface area contributed by atoms with Crippen molar-refractivity contribution in [3.63, 3.8) is 0 Å². The lowest BCUT2D eigenvalue weighted by atomic mass is 10.1. The van der Waals surface area contributed by atoms with Gasteiger partial charge in [0.25, 0.3) is 5.91 Å². The molecule has 1 saturated carbocycles. The molecule has 7 nitrogen and oxygen atoms in total. The Bertz CT molecular complexity index is 872. The van der Waals surface area contributed by atoms with E-state index in [1.165, 1.54) is 18.9 Å². The quantitative estimate of drug-likeness (QED) is 0.843. The minimum absolute atomic E-state index is 0.00214. The lowest BCUT2D eigenvalue weighted by Gasteiger charge is -2.33. The van der Waals surface area contributed by atoms with Crippen molar-refractivity contribution < 1.29 is 14.7 Å². The van der Waals surface area contributed by atoms with Crippen LogP contribution in [0.2, 0.25) is 0 Å². The minimum atomic E-state index is -0.197. The Morgan fingerprint density at radius 2 is 2.11 bits per heavy atom. The van der Waals surface area contributed by atoms with Gasteiger partial charge < -0.3 is 19.9 Å². The number of amides is 2.